The number of nitrogens with zero attached hydrogens (tertiary/aromatic N) is 2. The summed E-state index contributed by atoms with van der Waals surface area (Å²) < 4.78 is 45.8. The van der Waals surface area contributed by atoms with E-state index < -0.39 is 6.36 Å². The second kappa shape index (κ2) is 8.06. The normalized spacial score (nSPS) is 12.1. The average molecular weight is 493 g/mol. The Morgan fingerprint density at radius 1 is 0.886 bits per heavy atom. The first-order chi connectivity index (χ1) is 16.9. The van der Waals surface area contributed by atoms with Crippen LogP contribution in [0, 0.1) is 0 Å². The quantitative estimate of drug-likeness (QED) is 0.261. The van der Waals surface area contributed by atoms with Gasteiger partial charge in [-0.1, -0.05) is 41.9 Å². The summed E-state index contributed by atoms with van der Waals surface area (Å²) >= 11 is 6.16. The van der Waals surface area contributed by atoms with E-state index >= 15 is 0 Å². The maximum Gasteiger partial charge on any atom is 0.573 e. The Hall–Kier alpha value is -3.97. The van der Waals surface area contributed by atoms with Crippen LogP contribution in [-0.4, -0.2) is 15.7 Å². The van der Waals surface area contributed by atoms with Crippen LogP contribution in [-0.2, 0) is 6.54 Å². The van der Waals surface area contributed by atoms with E-state index in [1.54, 1.807) is 12.1 Å². The molecule has 0 unspecified atom stereocenters. The monoisotopic (exact) mass is 492 g/mol. The molecule has 35 heavy (non-hydrogen) atoms. The molecular weight excluding hydrogens is 475 g/mol. The van der Waals surface area contributed by atoms with Crippen molar-refractivity contribution < 1.29 is 22.5 Å². The number of nitrogens with one attached hydrogen (secondary N) is 1. The summed E-state index contributed by atoms with van der Waals surface area (Å²) in [5, 5.41) is 2.89. The van der Waals surface area contributed by atoms with Crippen LogP contribution in [0.4, 0.5) is 13.2 Å². The second-order valence-corrected chi connectivity index (χ2v) is 8.76. The van der Waals surface area contributed by atoms with Gasteiger partial charge in [0.05, 0.1) is 11.7 Å². The first kappa shape index (κ1) is 21.6. The number of benzene rings is 3. The third kappa shape index (κ3) is 3.98. The van der Waals surface area contributed by atoms with Gasteiger partial charge in [-0.3, -0.25) is 0 Å². The summed E-state index contributed by atoms with van der Waals surface area (Å²) in [6.07, 6.45) is -0.707. The van der Waals surface area contributed by atoms with Crippen molar-refractivity contribution in [1.82, 2.24) is 9.38 Å². The lowest BCUT2D eigenvalue weighted by Gasteiger charge is -2.09. The molecule has 0 saturated heterocycles. The summed E-state index contributed by atoms with van der Waals surface area (Å²) in [5.74, 6) is -0.244. The van der Waals surface area contributed by atoms with Crippen molar-refractivity contribution in [3.63, 3.8) is 0 Å². The first-order valence-corrected chi connectivity index (χ1v) is 11.3. The molecule has 6 aromatic rings. The Balaban J connectivity index is 1.53. The highest BCUT2D eigenvalue weighted by Gasteiger charge is 2.31. The number of rotatable bonds is 4. The molecule has 0 aliphatic heterocycles. The molecule has 0 saturated carbocycles. The third-order valence-electron chi connectivity index (χ3n) is 6.05. The van der Waals surface area contributed by atoms with E-state index in [9.17, 15) is 13.2 Å². The van der Waals surface area contributed by atoms with Crippen molar-refractivity contribution >= 4 is 38.9 Å². The van der Waals surface area contributed by atoms with Crippen LogP contribution in [0.5, 0.6) is 5.75 Å². The molecule has 1 N–H and O–H groups in total. The van der Waals surface area contributed by atoms with E-state index in [1.165, 1.54) is 12.1 Å². The number of fused-ring (bicyclic) bond motifs is 5. The molecule has 0 radical (unpaired) electrons. The highest BCUT2D eigenvalue weighted by Crippen LogP contribution is 2.33. The van der Waals surface area contributed by atoms with Crippen LogP contribution in [0.15, 0.2) is 91.4 Å². The molecule has 0 fully saturated rings. The van der Waals surface area contributed by atoms with Gasteiger partial charge >= 0.3 is 6.36 Å². The lowest BCUT2D eigenvalue weighted by Crippen LogP contribution is -2.34. The molecule has 8 heteroatoms. The Morgan fingerprint density at radius 2 is 1.63 bits per heavy atom. The van der Waals surface area contributed by atoms with Gasteiger partial charge < -0.3 is 9.72 Å². The molecule has 0 atom stereocenters. The molecule has 3 heterocycles. The number of hydrogen-bond acceptors (Lipinski definition) is 1. The summed E-state index contributed by atoms with van der Waals surface area (Å²) in [6, 6.07) is 23.8. The van der Waals surface area contributed by atoms with E-state index in [-0.39, 0.29) is 5.75 Å². The topological polar surface area (TPSA) is 33.3 Å². The number of alkyl halides is 3. The minimum atomic E-state index is -4.72. The molecule has 0 bridgehead atoms. The molecule has 0 spiro atoms. The fourth-order valence-corrected chi connectivity index (χ4v) is 4.71. The maximum atomic E-state index is 12.5. The highest BCUT2D eigenvalue weighted by molar-refractivity contribution is 6.30. The number of hydrogen-bond donors (Lipinski definition) is 1. The third-order valence-corrected chi connectivity index (χ3v) is 6.30. The molecule has 0 aliphatic carbocycles. The van der Waals surface area contributed by atoms with E-state index in [2.05, 4.69) is 36.9 Å². The Kier molecular flexibility index (Phi) is 4.96. The van der Waals surface area contributed by atoms with Crippen molar-refractivity contribution in [3.05, 3.63) is 102 Å². The van der Waals surface area contributed by atoms with E-state index in [0.717, 1.165) is 44.1 Å². The van der Waals surface area contributed by atoms with Crippen molar-refractivity contribution in [2.75, 3.05) is 0 Å². The van der Waals surface area contributed by atoms with Crippen LogP contribution < -0.4 is 9.30 Å². The van der Waals surface area contributed by atoms with Gasteiger partial charge in [-0.2, -0.15) is 4.40 Å². The van der Waals surface area contributed by atoms with Crippen LogP contribution in [0.2, 0.25) is 5.02 Å². The minimum absolute atomic E-state index is 0.244. The number of H-pyrrole nitrogens is 1. The summed E-state index contributed by atoms with van der Waals surface area (Å²) in [7, 11) is 0. The lowest BCUT2D eigenvalue weighted by molar-refractivity contribution is -0.676. The van der Waals surface area contributed by atoms with Crippen molar-refractivity contribution in [2.45, 2.75) is 12.9 Å². The van der Waals surface area contributed by atoms with Crippen molar-refractivity contribution in [2.24, 2.45) is 0 Å². The van der Waals surface area contributed by atoms with Gasteiger partial charge in [0.1, 0.15) is 12.3 Å². The predicted octanol–water partition coefficient (Wildman–Crippen LogP) is 7.13. The molecule has 3 aromatic carbocycles. The fraction of sp³-hybridized carbons (Fsp3) is 0.0741. The molecular formula is C27H18ClF3N3O+. The number of aromatic nitrogens is 3. The van der Waals surface area contributed by atoms with Gasteiger partial charge in [-0.05, 0) is 54.1 Å². The molecule has 0 amide bonds. The van der Waals surface area contributed by atoms with Gasteiger partial charge in [-0.25, -0.2) is 4.57 Å². The van der Waals surface area contributed by atoms with Gasteiger partial charge in [0, 0.05) is 26.9 Å². The number of ether oxygens (including phenoxy) is 1. The van der Waals surface area contributed by atoms with Gasteiger partial charge in [0.25, 0.3) is 0 Å². The maximum absolute atomic E-state index is 12.5. The number of imidazole rings is 1. The summed E-state index contributed by atoms with van der Waals surface area (Å²) in [4.78, 5) is 3.57. The predicted molar refractivity (Wildman–Crippen MR) is 130 cm³/mol. The molecule has 174 valence electrons. The Morgan fingerprint density at radius 3 is 2.37 bits per heavy atom. The van der Waals surface area contributed by atoms with Gasteiger partial charge in [-0.15, -0.1) is 13.2 Å². The van der Waals surface area contributed by atoms with Crippen LogP contribution >= 0.6 is 11.6 Å². The minimum Gasteiger partial charge on any atom is -0.406 e. The van der Waals surface area contributed by atoms with Crippen LogP contribution in [0.25, 0.3) is 38.6 Å². The van der Waals surface area contributed by atoms with Crippen molar-refractivity contribution in [3.8, 4) is 17.0 Å². The lowest BCUT2D eigenvalue weighted by atomic mass is 10.1. The molecule has 4 nitrogen and oxygen atoms in total. The zero-order valence-corrected chi connectivity index (χ0v) is 18.9. The standard InChI is InChI=1S/C27H18ClF3N3O/c28-19-9-7-18(8-10-19)25-26-24-22(21-3-1-2-4-23(21)32-24)13-14-33(26)16-34(25)15-17-5-11-20(12-6-17)35-27(29,30)31/h1-14,16,32H,15H2/q+1. The van der Waals surface area contributed by atoms with Gasteiger partial charge in [0.2, 0.25) is 11.8 Å². The van der Waals surface area contributed by atoms with E-state index in [4.69, 9.17) is 11.6 Å². The van der Waals surface area contributed by atoms with E-state index in [1.807, 2.05) is 48.9 Å². The zero-order chi connectivity index (χ0) is 24.2. The summed E-state index contributed by atoms with van der Waals surface area (Å²) in [6.45, 7) is 0.452. The van der Waals surface area contributed by atoms with Crippen LogP contribution in [0.1, 0.15) is 5.56 Å². The molecule has 0 aliphatic rings. The molecule has 3 aromatic heterocycles. The molecule has 6 rings (SSSR count). The Bertz CT molecular complexity index is 1680. The largest absolute Gasteiger partial charge is 0.573 e. The number of halogens is 4. The number of para-hydroxylation sites is 1. The Labute approximate surface area is 202 Å². The smallest absolute Gasteiger partial charge is 0.406 e. The number of aromatic amines is 1. The summed E-state index contributed by atoms with van der Waals surface area (Å²) in [5.41, 5.74) is 5.83. The zero-order valence-electron chi connectivity index (χ0n) is 18.2. The average Bonchev–Trinajstić information content (AvgIpc) is 3.38. The van der Waals surface area contributed by atoms with Crippen molar-refractivity contribution in [1.29, 1.82) is 0 Å². The van der Waals surface area contributed by atoms with Crippen LogP contribution in [0.3, 0.4) is 0 Å². The SMILES string of the molecule is FC(F)(F)Oc1ccc(C[n+]2cn3ccc4c5ccccc5[nH]c4c3c2-c2ccc(Cl)cc2)cc1. The van der Waals surface area contributed by atoms with Gasteiger partial charge in [0.15, 0.2) is 5.69 Å². The van der Waals surface area contributed by atoms with E-state index in [0.29, 0.717) is 11.6 Å². The number of pyridine rings is 1. The fourth-order valence-electron chi connectivity index (χ4n) is 4.59. The highest BCUT2D eigenvalue weighted by atomic mass is 35.5. The first-order valence-electron chi connectivity index (χ1n) is 10.9. The second-order valence-electron chi connectivity index (χ2n) is 8.32.